The predicted octanol–water partition coefficient (Wildman–Crippen LogP) is 3.76. The third-order valence-electron chi connectivity index (χ3n) is 13.5. The summed E-state index contributed by atoms with van der Waals surface area (Å²) in [6.45, 7) is 3.53. The molecule has 5 heterocycles. The summed E-state index contributed by atoms with van der Waals surface area (Å²) in [4.78, 5) is 0. The number of fused-ring (bicyclic) bond motifs is 1. The Morgan fingerprint density at radius 1 is 0.682 bits per heavy atom. The summed E-state index contributed by atoms with van der Waals surface area (Å²) in [6, 6.07) is 14.3. The van der Waals surface area contributed by atoms with Crippen molar-refractivity contribution in [3.63, 3.8) is 0 Å². The Bertz CT molecular complexity index is 1410. The minimum absolute atomic E-state index is 0.0299. The first-order valence-electron chi connectivity index (χ1n) is 17.0. The summed E-state index contributed by atoms with van der Waals surface area (Å²) in [5, 5.41) is 7.53. The van der Waals surface area contributed by atoms with E-state index in [1.54, 1.807) is 14.2 Å². The maximum Gasteiger partial charge on any atom is 0.206 e. The normalized spacial score (nSPS) is 41.5. The van der Waals surface area contributed by atoms with Crippen molar-refractivity contribution in [1.82, 2.24) is 10.6 Å². The number of hydrogen-bond acceptors (Lipinski definition) is 8. The van der Waals surface area contributed by atoms with Crippen LogP contribution < -0.4 is 20.1 Å². The number of benzene rings is 2. The molecular formula is C36H44N2O6. The first-order chi connectivity index (χ1) is 21.6. The molecule has 2 aromatic rings. The molecule has 44 heavy (non-hydrogen) atoms. The van der Waals surface area contributed by atoms with Crippen LogP contribution in [-0.2, 0) is 42.6 Å². The van der Waals surface area contributed by atoms with E-state index in [9.17, 15) is 0 Å². The van der Waals surface area contributed by atoms with Crippen molar-refractivity contribution < 1.29 is 28.4 Å². The number of methoxy groups -OCH3 is 2. The molecule has 4 bridgehead atoms. The molecule has 8 heteroatoms. The largest absolute Gasteiger partial charge is 0.484 e. The van der Waals surface area contributed by atoms with Gasteiger partial charge in [0.25, 0.3) is 0 Å². The van der Waals surface area contributed by atoms with Crippen LogP contribution in [0.25, 0.3) is 0 Å². The Labute approximate surface area is 259 Å². The highest BCUT2D eigenvalue weighted by Crippen LogP contribution is 2.65. The van der Waals surface area contributed by atoms with Gasteiger partial charge < -0.3 is 39.1 Å². The number of piperidine rings is 2. The molecule has 3 saturated heterocycles. The van der Waals surface area contributed by atoms with Gasteiger partial charge in [-0.3, -0.25) is 0 Å². The molecule has 5 aliphatic heterocycles. The highest BCUT2D eigenvalue weighted by molar-refractivity contribution is 5.56. The predicted molar refractivity (Wildman–Crippen MR) is 162 cm³/mol. The first kappa shape index (κ1) is 27.0. The molecule has 8 unspecified atom stereocenters. The van der Waals surface area contributed by atoms with E-state index in [0.29, 0.717) is 37.1 Å². The SMILES string of the molecule is COC1(OC)CCC2C3Cc4cccc5c4C2(CCN3)C1O5.c1cc2c3c(c1)OC1C4(CCC5C(C2)NCCC351)OCCO4. The minimum atomic E-state index is -0.619. The van der Waals surface area contributed by atoms with E-state index in [1.165, 1.54) is 28.7 Å². The maximum atomic E-state index is 6.54. The van der Waals surface area contributed by atoms with Gasteiger partial charge in [-0.2, -0.15) is 0 Å². The van der Waals surface area contributed by atoms with Crippen molar-refractivity contribution in [3.8, 4) is 11.5 Å². The van der Waals surface area contributed by atoms with Gasteiger partial charge in [0.1, 0.15) is 11.5 Å². The quantitative estimate of drug-likeness (QED) is 0.505. The fourth-order valence-corrected chi connectivity index (χ4v) is 12.1. The number of ether oxygens (including phenoxy) is 6. The summed E-state index contributed by atoms with van der Waals surface area (Å²) < 4.78 is 37.2. The lowest BCUT2D eigenvalue weighted by molar-refractivity contribution is -0.288. The average molecular weight is 601 g/mol. The first-order valence-corrected chi connectivity index (χ1v) is 17.0. The lowest BCUT2D eigenvalue weighted by atomic mass is 9.51. The second kappa shape index (κ2) is 9.20. The Morgan fingerprint density at radius 3 is 1.82 bits per heavy atom. The number of nitrogens with one attached hydrogen (secondary N) is 2. The molecule has 5 fully saturated rings. The molecule has 0 radical (unpaired) electrons. The van der Waals surface area contributed by atoms with Crippen molar-refractivity contribution in [1.29, 1.82) is 0 Å². The van der Waals surface area contributed by atoms with E-state index in [4.69, 9.17) is 28.4 Å². The molecule has 234 valence electrons. The minimum Gasteiger partial charge on any atom is -0.484 e. The van der Waals surface area contributed by atoms with Crippen molar-refractivity contribution in [2.24, 2.45) is 11.8 Å². The summed E-state index contributed by atoms with van der Waals surface area (Å²) in [6.07, 6.45) is 8.67. The molecule has 9 aliphatic rings. The van der Waals surface area contributed by atoms with Gasteiger partial charge in [0.2, 0.25) is 11.6 Å². The second-order valence-electron chi connectivity index (χ2n) is 14.7. The molecule has 0 amide bonds. The van der Waals surface area contributed by atoms with Crippen LogP contribution in [0.2, 0.25) is 0 Å². The molecular weight excluding hydrogens is 556 g/mol. The number of hydrogen-bond donors (Lipinski definition) is 2. The fraction of sp³-hybridized carbons (Fsp3) is 0.667. The second-order valence-corrected chi connectivity index (χ2v) is 14.7. The van der Waals surface area contributed by atoms with Crippen LogP contribution in [-0.4, -0.2) is 76.4 Å². The van der Waals surface area contributed by atoms with Gasteiger partial charge in [0.15, 0.2) is 12.2 Å². The van der Waals surface area contributed by atoms with Crippen LogP contribution in [0.5, 0.6) is 11.5 Å². The molecule has 2 saturated carbocycles. The molecule has 4 aliphatic carbocycles. The fourth-order valence-electron chi connectivity index (χ4n) is 12.1. The van der Waals surface area contributed by atoms with Gasteiger partial charge in [-0.1, -0.05) is 24.3 Å². The molecule has 8 nitrogen and oxygen atoms in total. The van der Waals surface area contributed by atoms with Gasteiger partial charge in [-0.15, -0.1) is 0 Å². The standard InChI is InChI=1S/C18H21NO3.C18H23NO3/c1-2-11-10-13-12-4-5-18(20-8-9-21-18)16-17(12,6-7-19-13)15(11)14(3-1)22-16;1-20-18(21-2)7-6-12-13-10-11-4-3-5-14-15(11)17(12,8-9-19-13)16(18)22-14/h1-3,12-13,16,19H,4-10H2;3-5,12-13,16,19H,6-10H2,1-2H3. The van der Waals surface area contributed by atoms with Gasteiger partial charge in [0.05, 0.1) is 13.2 Å². The topological polar surface area (TPSA) is 79.4 Å². The number of rotatable bonds is 2. The Kier molecular flexibility index (Phi) is 5.64. The summed E-state index contributed by atoms with van der Waals surface area (Å²) in [5.41, 5.74) is 6.04. The highest BCUT2D eigenvalue weighted by atomic mass is 16.8. The third-order valence-corrected chi connectivity index (χ3v) is 13.5. The van der Waals surface area contributed by atoms with Crippen LogP contribution >= 0.6 is 0 Å². The van der Waals surface area contributed by atoms with E-state index in [1.807, 2.05) is 0 Å². The highest BCUT2D eigenvalue weighted by Gasteiger charge is 2.71. The molecule has 0 aromatic heterocycles. The Balaban J connectivity index is 0.000000116. The zero-order valence-electron chi connectivity index (χ0n) is 25.9. The summed E-state index contributed by atoms with van der Waals surface area (Å²) in [5.74, 6) is 2.31. The third kappa shape index (κ3) is 3.11. The summed E-state index contributed by atoms with van der Waals surface area (Å²) in [7, 11) is 3.52. The van der Waals surface area contributed by atoms with E-state index in [0.717, 1.165) is 69.5 Å². The monoisotopic (exact) mass is 600 g/mol. The van der Waals surface area contributed by atoms with Crippen LogP contribution in [0.1, 0.15) is 60.8 Å². The van der Waals surface area contributed by atoms with Gasteiger partial charge in [-0.25, -0.2) is 0 Å². The lowest BCUT2D eigenvalue weighted by Gasteiger charge is -2.59. The average Bonchev–Trinajstić information content (AvgIpc) is 3.74. The zero-order chi connectivity index (χ0) is 29.3. The van der Waals surface area contributed by atoms with Crippen molar-refractivity contribution in [2.45, 2.75) is 98.1 Å². The van der Waals surface area contributed by atoms with E-state index in [2.05, 4.69) is 47.0 Å². The Morgan fingerprint density at radius 2 is 1.23 bits per heavy atom. The molecule has 2 N–H and O–H groups in total. The maximum absolute atomic E-state index is 6.54. The van der Waals surface area contributed by atoms with Gasteiger partial charge >= 0.3 is 0 Å². The van der Waals surface area contributed by atoms with E-state index < -0.39 is 11.6 Å². The Hall–Kier alpha value is -2.20. The van der Waals surface area contributed by atoms with Crippen LogP contribution in [0.15, 0.2) is 36.4 Å². The van der Waals surface area contributed by atoms with Crippen LogP contribution in [0.3, 0.4) is 0 Å². The molecule has 11 rings (SSSR count). The van der Waals surface area contributed by atoms with Crippen LogP contribution in [0, 0.1) is 11.8 Å². The molecule has 2 aromatic carbocycles. The summed E-state index contributed by atoms with van der Waals surface area (Å²) >= 11 is 0. The lowest BCUT2D eigenvalue weighted by Crippen LogP contribution is -2.70. The smallest absolute Gasteiger partial charge is 0.206 e. The van der Waals surface area contributed by atoms with Crippen LogP contribution in [0.4, 0.5) is 0 Å². The van der Waals surface area contributed by atoms with E-state index >= 15 is 0 Å². The van der Waals surface area contributed by atoms with E-state index in [-0.39, 0.29) is 23.0 Å². The van der Waals surface area contributed by atoms with Crippen molar-refractivity contribution in [3.05, 3.63) is 58.7 Å². The molecule has 8 atom stereocenters. The van der Waals surface area contributed by atoms with Gasteiger partial charge in [0, 0.05) is 61.1 Å². The van der Waals surface area contributed by atoms with Gasteiger partial charge in [-0.05, 0) is 86.7 Å². The molecule has 3 spiro atoms. The van der Waals surface area contributed by atoms with Crippen molar-refractivity contribution in [2.75, 3.05) is 40.5 Å². The zero-order valence-corrected chi connectivity index (χ0v) is 25.9. The van der Waals surface area contributed by atoms with Crippen molar-refractivity contribution >= 4 is 0 Å².